The number of hydrogen-bond acceptors (Lipinski definition) is 2. The SMILES string of the molecule is O=C1CN(c2cc(Br)c(F)cc2F)C(=O)N1. The molecule has 0 radical (unpaired) electrons. The third-order valence-electron chi connectivity index (χ3n) is 2.07. The third-order valence-corrected chi connectivity index (χ3v) is 2.68. The average Bonchev–Trinajstić information content (AvgIpc) is 2.51. The van der Waals surface area contributed by atoms with Crippen LogP contribution in [0.25, 0.3) is 0 Å². The van der Waals surface area contributed by atoms with Gasteiger partial charge < -0.3 is 0 Å². The number of imide groups is 1. The highest BCUT2D eigenvalue weighted by Crippen LogP contribution is 2.27. The highest BCUT2D eigenvalue weighted by molar-refractivity contribution is 9.10. The summed E-state index contributed by atoms with van der Waals surface area (Å²) in [5.74, 6) is -2.19. The molecule has 0 unspecified atom stereocenters. The van der Waals surface area contributed by atoms with Gasteiger partial charge in [-0.25, -0.2) is 13.6 Å². The van der Waals surface area contributed by atoms with Crippen LogP contribution in [0.4, 0.5) is 19.3 Å². The zero-order chi connectivity index (χ0) is 11.9. The van der Waals surface area contributed by atoms with Crippen LogP contribution in [0.5, 0.6) is 0 Å². The van der Waals surface area contributed by atoms with E-state index in [9.17, 15) is 18.4 Å². The van der Waals surface area contributed by atoms with Crippen LogP contribution < -0.4 is 10.2 Å². The molecule has 0 atom stereocenters. The predicted octanol–water partition coefficient (Wildman–Crippen LogP) is 1.78. The molecule has 0 aromatic heterocycles. The maximum absolute atomic E-state index is 13.4. The quantitative estimate of drug-likeness (QED) is 0.633. The second-order valence-corrected chi connectivity index (χ2v) is 4.01. The second-order valence-electron chi connectivity index (χ2n) is 3.16. The van der Waals surface area contributed by atoms with Gasteiger partial charge >= 0.3 is 6.03 Å². The van der Waals surface area contributed by atoms with Crippen LogP contribution in [0, 0.1) is 11.6 Å². The molecule has 1 N–H and O–H groups in total. The highest BCUT2D eigenvalue weighted by Gasteiger charge is 2.30. The number of carbonyl (C=O) groups is 2. The number of halogens is 3. The lowest BCUT2D eigenvalue weighted by Crippen LogP contribution is -2.28. The van der Waals surface area contributed by atoms with E-state index < -0.39 is 23.6 Å². The molecule has 1 aliphatic heterocycles. The van der Waals surface area contributed by atoms with Crippen molar-refractivity contribution >= 4 is 33.6 Å². The maximum atomic E-state index is 13.4. The van der Waals surface area contributed by atoms with Gasteiger partial charge in [0.1, 0.15) is 18.2 Å². The summed E-state index contributed by atoms with van der Waals surface area (Å²) in [6.45, 7) is -0.270. The number of urea groups is 1. The van der Waals surface area contributed by atoms with Gasteiger partial charge in [0.2, 0.25) is 5.91 Å². The molecule has 3 amide bonds. The van der Waals surface area contributed by atoms with Crippen molar-refractivity contribution in [2.24, 2.45) is 0 Å². The minimum absolute atomic E-state index is 0.0241. The van der Waals surface area contributed by atoms with Gasteiger partial charge in [0, 0.05) is 6.07 Å². The van der Waals surface area contributed by atoms with Crippen LogP contribution >= 0.6 is 15.9 Å². The van der Waals surface area contributed by atoms with E-state index in [1.807, 2.05) is 5.32 Å². The Kier molecular flexibility index (Phi) is 2.63. The van der Waals surface area contributed by atoms with Crippen molar-refractivity contribution < 1.29 is 18.4 Å². The number of hydrogen-bond donors (Lipinski definition) is 1. The fraction of sp³-hybridized carbons (Fsp3) is 0.111. The second kappa shape index (κ2) is 3.82. The van der Waals surface area contributed by atoms with E-state index in [2.05, 4.69) is 15.9 Å². The van der Waals surface area contributed by atoms with Gasteiger partial charge in [0.05, 0.1) is 10.2 Å². The number of carbonyl (C=O) groups excluding carboxylic acids is 2. The van der Waals surface area contributed by atoms with Gasteiger partial charge in [0.15, 0.2) is 0 Å². The Balaban J connectivity index is 2.45. The van der Waals surface area contributed by atoms with Gasteiger partial charge in [-0.05, 0) is 22.0 Å². The fourth-order valence-corrected chi connectivity index (χ4v) is 1.69. The smallest absolute Gasteiger partial charge is 0.282 e. The molecule has 1 heterocycles. The van der Waals surface area contributed by atoms with Crippen LogP contribution in [-0.4, -0.2) is 18.5 Å². The Bertz CT molecular complexity index is 493. The molecular formula is C9H5BrF2N2O2. The monoisotopic (exact) mass is 290 g/mol. The molecular weight excluding hydrogens is 286 g/mol. The topological polar surface area (TPSA) is 49.4 Å². The van der Waals surface area contributed by atoms with Gasteiger partial charge in [0.25, 0.3) is 0 Å². The Hall–Kier alpha value is -1.50. The van der Waals surface area contributed by atoms with Gasteiger partial charge in [-0.3, -0.25) is 15.0 Å². The summed E-state index contributed by atoms with van der Waals surface area (Å²) in [7, 11) is 0. The summed E-state index contributed by atoms with van der Waals surface area (Å²) >= 11 is 2.88. The van der Waals surface area contributed by atoms with E-state index in [1.54, 1.807) is 0 Å². The summed E-state index contributed by atoms with van der Waals surface area (Å²) in [6, 6.07) is 1.04. The van der Waals surface area contributed by atoms with Crippen molar-refractivity contribution in [3.8, 4) is 0 Å². The molecule has 0 aliphatic carbocycles. The zero-order valence-electron chi connectivity index (χ0n) is 7.76. The van der Waals surface area contributed by atoms with Crippen molar-refractivity contribution in [3.63, 3.8) is 0 Å². The molecule has 7 heteroatoms. The van der Waals surface area contributed by atoms with Crippen LogP contribution in [-0.2, 0) is 4.79 Å². The molecule has 1 fully saturated rings. The highest BCUT2D eigenvalue weighted by atomic mass is 79.9. The van der Waals surface area contributed by atoms with Crippen LogP contribution in [0.15, 0.2) is 16.6 Å². The molecule has 1 aromatic carbocycles. The van der Waals surface area contributed by atoms with E-state index in [-0.39, 0.29) is 16.7 Å². The van der Waals surface area contributed by atoms with E-state index in [0.717, 1.165) is 11.0 Å². The summed E-state index contributed by atoms with van der Waals surface area (Å²) in [4.78, 5) is 23.1. The number of benzene rings is 1. The first-order chi connectivity index (χ1) is 7.49. The van der Waals surface area contributed by atoms with Crippen molar-refractivity contribution in [2.45, 2.75) is 0 Å². The third kappa shape index (κ3) is 1.78. The number of nitrogens with one attached hydrogen (secondary N) is 1. The molecule has 0 bridgehead atoms. The first-order valence-corrected chi connectivity index (χ1v) is 5.04. The molecule has 16 heavy (non-hydrogen) atoms. The minimum Gasteiger partial charge on any atom is -0.282 e. The molecule has 1 saturated heterocycles. The van der Waals surface area contributed by atoms with Gasteiger partial charge in [-0.15, -0.1) is 0 Å². The molecule has 1 aliphatic rings. The summed E-state index contributed by atoms with van der Waals surface area (Å²) in [5.41, 5.74) is -0.142. The Morgan fingerprint density at radius 3 is 2.50 bits per heavy atom. The normalized spacial score (nSPS) is 15.6. The van der Waals surface area contributed by atoms with Gasteiger partial charge in [-0.1, -0.05) is 0 Å². The van der Waals surface area contributed by atoms with Crippen molar-refractivity contribution in [1.29, 1.82) is 0 Å². The van der Waals surface area contributed by atoms with E-state index >= 15 is 0 Å². The largest absolute Gasteiger partial charge is 0.329 e. The molecule has 84 valence electrons. The molecule has 1 aromatic rings. The molecule has 0 spiro atoms. The standard InChI is InChI=1S/C9H5BrF2N2O2/c10-4-1-7(6(12)2-5(4)11)14-3-8(15)13-9(14)16/h1-2H,3H2,(H,13,15,16). The Labute approximate surface area is 97.4 Å². The van der Waals surface area contributed by atoms with E-state index in [0.29, 0.717) is 6.07 Å². The van der Waals surface area contributed by atoms with Crippen LogP contribution in [0.3, 0.4) is 0 Å². The van der Waals surface area contributed by atoms with Crippen LogP contribution in [0.2, 0.25) is 0 Å². The lowest BCUT2D eigenvalue weighted by Gasteiger charge is -2.14. The average molecular weight is 291 g/mol. The van der Waals surface area contributed by atoms with Gasteiger partial charge in [-0.2, -0.15) is 0 Å². The molecule has 0 saturated carbocycles. The van der Waals surface area contributed by atoms with Crippen molar-refractivity contribution in [3.05, 3.63) is 28.2 Å². The van der Waals surface area contributed by atoms with Crippen LogP contribution in [0.1, 0.15) is 0 Å². The molecule has 2 rings (SSSR count). The summed E-state index contributed by atoms with van der Waals surface area (Å²) in [5, 5.41) is 2.00. The Morgan fingerprint density at radius 2 is 1.94 bits per heavy atom. The minimum atomic E-state index is -0.898. The molecule has 4 nitrogen and oxygen atoms in total. The predicted molar refractivity (Wildman–Crippen MR) is 54.9 cm³/mol. The first kappa shape index (κ1) is 11.0. The summed E-state index contributed by atoms with van der Waals surface area (Å²) < 4.78 is 26.4. The number of nitrogens with zero attached hydrogens (tertiary/aromatic N) is 1. The maximum Gasteiger partial charge on any atom is 0.329 e. The lowest BCUT2D eigenvalue weighted by molar-refractivity contribution is -0.117. The fourth-order valence-electron chi connectivity index (χ4n) is 1.36. The zero-order valence-corrected chi connectivity index (χ0v) is 9.35. The van der Waals surface area contributed by atoms with Crippen molar-refractivity contribution in [1.82, 2.24) is 5.32 Å². The first-order valence-electron chi connectivity index (χ1n) is 4.25. The number of anilines is 1. The number of amides is 3. The number of rotatable bonds is 1. The van der Waals surface area contributed by atoms with E-state index in [1.165, 1.54) is 0 Å². The Morgan fingerprint density at radius 1 is 1.25 bits per heavy atom. The lowest BCUT2D eigenvalue weighted by atomic mass is 10.2. The van der Waals surface area contributed by atoms with Crippen molar-refractivity contribution in [2.75, 3.05) is 11.4 Å². The van der Waals surface area contributed by atoms with E-state index in [4.69, 9.17) is 0 Å². The summed E-state index contributed by atoms with van der Waals surface area (Å²) in [6.07, 6.45) is 0.